The highest BCUT2D eigenvalue weighted by atomic mass is 79.9. The molecule has 1 aromatic carbocycles. The van der Waals surface area contributed by atoms with Crippen LogP contribution >= 0.6 is 15.9 Å². The van der Waals surface area contributed by atoms with Gasteiger partial charge in [0.2, 0.25) is 0 Å². The van der Waals surface area contributed by atoms with Crippen LogP contribution in [0.15, 0.2) is 27.1 Å². The SMILES string of the molecule is Cc1ccc2oc(C)c(Br)c2c1. The lowest BCUT2D eigenvalue weighted by molar-refractivity contribution is 0.576. The zero-order valence-electron chi connectivity index (χ0n) is 7.02. The van der Waals surface area contributed by atoms with Crippen molar-refractivity contribution in [1.82, 2.24) is 0 Å². The first-order valence-electron chi connectivity index (χ1n) is 3.84. The van der Waals surface area contributed by atoms with E-state index in [4.69, 9.17) is 4.42 Å². The van der Waals surface area contributed by atoms with Crippen molar-refractivity contribution in [3.63, 3.8) is 0 Å². The molecule has 0 amide bonds. The van der Waals surface area contributed by atoms with Crippen LogP contribution < -0.4 is 0 Å². The minimum Gasteiger partial charge on any atom is -0.460 e. The van der Waals surface area contributed by atoms with E-state index in [0.717, 1.165) is 21.2 Å². The Kier molecular flexibility index (Phi) is 1.72. The van der Waals surface area contributed by atoms with Crippen molar-refractivity contribution in [2.45, 2.75) is 13.8 Å². The number of benzene rings is 1. The second-order valence-corrected chi connectivity index (χ2v) is 3.76. The van der Waals surface area contributed by atoms with E-state index in [9.17, 15) is 0 Å². The fourth-order valence-corrected chi connectivity index (χ4v) is 1.69. The fourth-order valence-electron chi connectivity index (χ4n) is 1.30. The molecule has 0 aliphatic heterocycles. The predicted octanol–water partition coefficient (Wildman–Crippen LogP) is 3.81. The molecule has 0 radical (unpaired) electrons. The Bertz CT molecular complexity index is 429. The van der Waals surface area contributed by atoms with Gasteiger partial charge in [0, 0.05) is 5.39 Å². The summed E-state index contributed by atoms with van der Waals surface area (Å²) in [4.78, 5) is 0. The number of hydrogen-bond acceptors (Lipinski definition) is 1. The van der Waals surface area contributed by atoms with Crippen molar-refractivity contribution in [1.29, 1.82) is 0 Å². The summed E-state index contributed by atoms with van der Waals surface area (Å²) >= 11 is 3.49. The van der Waals surface area contributed by atoms with Crippen LogP contribution in [0.25, 0.3) is 11.0 Å². The van der Waals surface area contributed by atoms with Gasteiger partial charge in [-0.25, -0.2) is 0 Å². The highest BCUT2D eigenvalue weighted by Crippen LogP contribution is 2.30. The van der Waals surface area contributed by atoms with Crippen LogP contribution in [-0.4, -0.2) is 0 Å². The predicted molar refractivity (Wildman–Crippen MR) is 53.4 cm³/mol. The van der Waals surface area contributed by atoms with E-state index in [-0.39, 0.29) is 0 Å². The number of furan rings is 1. The fraction of sp³-hybridized carbons (Fsp3) is 0.200. The van der Waals surface area contributed by atoms with Crippen LogP contribution in [0.5, 0.6) is 0 Å². The summed E-state index contributed by atoms with van der Waals surface area (Å²) in [5.74, 6) is 0.940. The van der Waals surface area contributed by atoms with Gasteiger partial charge in [0.15, 0.2) is 0 Å². The summed E-state index contributed by atoms with van der Waals surface area (Å²) in [6.45, 7) is 4.04. The van der Waals surface area contributed by atoms with Crippen molar-refractivity contribution >= 4 is 26.9 Å². The van der Waals surface area contributed by atoms with E-state index in [1.807, 2.05) is 13.0 Å². The summed E-state index contributed by atoms with van der Waals surface area (Å²) in [7, 11) is 0. The molecule has 2 rings (SSSR count). The molecule has 1 heterocycles. The van der Waals surface area contributed by atoms with Gasteiger partial charge < -0.3 is 4.42 Å². The molecule has 0 saturated carbocycles. The molecule has 0 atom stereocenters. The number of halogens is 1. The van der Waals surface area contributed by atoms with Crippen LogP contribution in [0.1, 0.15) is 11.3 Å². The molecule has 62 valence electrons. The minimum atomic E-state index is 0.940. The number of hydrogen-bond donors (Lipinski definition) is 0. The van der Waals surface area contributed by atoms with E-state index >= 15 is 0 Å². The number of rotatable bonds is 0. The number of fused-ring (bicyclic) bond motifs is 1. The van der Waals surface area contributed by atoms with Crippen molar-refractivity contribution in [3.8, 4) is 0 Å². The Hall–Kier alpha value is -0.760. The molecule has 1 aromatic heterocycles. The average molecular weight is 225 g/mol. The number of aryl methyl sites for hydroxylation is 2. The maximum Gasteiger partial charge on any atom is 0.135 e. The highest BCUT2D eigenvalue weighted by Gasteiger charge is 2.06. The first-order chi connectivity index (χ1) is 5.68. The lowest BCUT2D eigenvalue weighted by Gasteiger charge is -1.90. The van der Waals surface area contributed by atoms with Crippen LogP contribution in [0.3, 0.4) is 0 Å². The first-order valence-corrected chi connectivity index (χ1v) is 4.63. The third kappa shape index (κ3) is 1.07. The molecule has 1 nitrogen and oxygen atoms in total. The molecular weight excluding hydrogens is 216 g/mol. The molecule has 2 heteroatoms. The molecule has 0 unspecified atom stereocenters. The van der Waals surface area contributed by atoms with Crippen LogP contribution in [0.4, 0.5) is 0 Å². The van der Waals surface area contributed by atoms with E-state index in [0.29, 0.717) is 0 Å². The smallest absolute Gasteiger partial charge is 0.135 e. The zero-order chi connectivity index (χ0) is 8.72. The highest BCUT2D eigenvalue weighted by molar-refractivity contribution is 9.10. The van der Waals surface area contributed by atoms with E-state index in [1.54, 1.807) is 0 Å². The average Bonchev–Trinajstić information content (AvgIpc) is 2.31. The van der Waals surface area contributed by atoms with Gasteiger partial charge in [-0.1, -0.05) is 11.6 Å². The topological polar surface area (TPSA) is 13.1 Å². The maximum absolute atomic E-state index is 5.51. The Balaban J connectivity index is 2.88. The van der Waals surface area contributed by atoms with Crippen molar-refractivity contribution in [3.05, 3.63) is 34.0 Å². The van der Waals surface area contributed by atoms with Gasteiger partial charge in [0.05, 0.1) is 4.47 Å². The molecule has 2 aromatic rings. The summed E-state index contributed by atoms with van der Waals surface area (Å²) in [5.41, 5.74) is 2.20. The standard InChI is InChI=1S/C10H9BrO/c1-6-3-4-9-8(5-6)10(11)7(2)12-9/h3-5H,1-2H3. The molecule has 0 saturated heterocycles. The van der Waals surface area contributed by atoms with Gasteiger partial charge in [0.25, 0.3) is 0 Å². The quantitative estimate of drug-likeness (QED) is 0.664. The molecule has 0 aliphatic rings. The molecular formula is C10H9BrO. The van der Waals surface area contributed by atoms with Crippen LogP contribution in [-0.2, 0) is 0 Å². The summed E-state index contributed by atoms with van der Waals surface area (Å²) in [6, 6.07) is 6.18. The van der Waals surface area contributed by atoms with E-state index in [1.165, 1.54) is 5.56 Å². The van der Waals surface area contributed by atoms with Gasteiger partial charge >= 0.3 is 0 Å². The lowest BCUT2D eigenvalue weighted by Crippen LogP contribution is -1.69. The van der Waals surface area contributed by atoms with Crippen LogP contribution in [0.2, 0.25) is 0 Å². The monoisotopic (exact) mass is 224 g/mol. The molecule has 0 N–H and O–H groups in total. The molecule has 12 heavy (non-hydrogen) atoms. The Morgan fingerprint density at radius 1 is 1.25 bits per heavy atom. The normalized spacial score (nSPS) is 10.9. The lowest BCUT2D eigenvalue weighted by atomic mass is 10.2. The Morgan fingerprint density at radius 3 is 2.75 bits per heavy atom. The second-order valence-electron chi connectivity index (χ2n) is 2.97. The molecule has 0 fully saturated rings. The summed E-state index contributed by atoms with van der Waals surface area (Å²) < 4.78 is 6.58. The zero-order valence-corrected chi connectivity index (χ0v) is 8.60. The van der Waals surface area contributed by atoms with Crippen LogP contribution in [0, 0.1) is 13.8 Å². The molecule has 0 aliphatic carbocycles. The Morgan fingerprint density at radius 2 is 2.00 bits per heavy atom. The van der Waals surface area contributed by atoms with Gasteiger partial charge in [-0.3, -0.25) is 0 Å². The summed E-state index contributed by atoms with van der Waals surface area (Å²) in [5, 5.41) is 1.16. The summed E-state index contributed by atoms with van der Waals surface area (Å²) in [6.07, 6.45) is 0. The third-order valence-electron chi connectivity index (χ3n) is 1.94. The maximum atomic E-state index is 5.51. The molecule has 0 spiro atoms. The third-order valence-corrected chi connectivity index (χ3v) is 2.93. The molecule has 0 bridgehead atoms. The van der Waals surface area contributed by atoms with E-state index in [2.05, 4.69) is 35.0 Å². The van der Waals surface area contributed by atoms with Gasteiger partial charge in [0.1, 0.15) is 11.3 Å². The minimum absolute atomic E-state index is 0.940. The van der Waals surface area contributed by atoms with E-state index < -0.39 is 0 Å². The van der Waals surface area contributed by atoms with Gasteiger partial charge in [-0.15, -0.1) is 0 Å². The second kappa shape index (κ2) is 2.63. The Labute approximate surface area is 79.5 Å². The van der Waals surface area contributed by atoms with Gasteiger partial charge in [-0.2, -0.15) is 0 Å². The largest absolute Gasteiger partial charge is 0.460 e. The van der Waals surface area contributed by atoms with Gasteiger partial charge in [-0.05, 0) is 41.9 Å². The van der Waals surface area contributed by atoms with Crippen molar-refractivity contribution in [2.24, 2.45) is 0 Å². The van der Waals surface area contributed by atoms with Crippen molar-refractivity contribution in [2.75, 3.05) is 0 Å². The first kappa shape index (κ1) is 7.87. The van der Waals surface area contributed by atoms with Crippen molar-refractivity contribution < 1.29 is 4.42 Å².